The number of hydrogen-bond donors (Lipinski definition) is 0. The molecule has 0 aromatic heterocycles. The average Bonchev–Trinajstić information content (AvgIpc) is 2.66. The Balaban J connectivity index is 2.19. The second kappa shape index (κ2) is 4.74. The van der Waals surface area contributed by atoms with Crippen molar-refractivity contribution in [1.29, 1.82) is 0 Å². The Morgan fingerprint density at radius 3 is 1.95 bits per heavy atom. The maximum absolute atomic E-state index is 2.34. The van der Waals surface area contributed by atoms with Crippen LogP contribution in [0.4, 0.5) is 11.4 Å². The van der Waals surface area contributed by atoms with Crippen LogP contribution < -0.4 is 4.90 Å². The summed E-state index contributed by atoms with van der Waals surface area (Å²) in [7, 11) is 2.18. The molecule has 1 nitrogen and oxygen atoms in total. The van der Waals surface area contributed by atoms with E-state index in [1.807, 2.05) is 0 Å². The van der Waals surface area contributed by atoms with Crippen molar-refractivity contribution in [3.05, 3.63) is 71.8 Å². The minimum Gasteiger partial charge on any atom is -0.343 e. The van der Waals surface area contributed by atoms with Gasteiger partial charge in [0.1, 0.15) is 0 Å². The molecule has 1 aliphatic rings. The fraction of sp³-hybridized carbons (Fsp3) is 0.143. The van der Waals surface area contributed by atoms with Gasteiger partial charge in [-0.3, -0.25) is 0 Å². The lowest BCUT2D eigenvalue weighted by molar-refractivity contribution is 1.18. The zero-order valence-corrected chi connectivity index (χ0v) is 13.2. The highest BCUT2D eigenvalue weighted by Gasteiger charge is 2.23. The van der Waals surface area contributed by atoms with Gasteiger partial charge in [0.15, 0.2) is 0 Å². The van der Waals surface area contributed by atoms with Crippen LogP contribution in [0.5, 0.6) is 0 Å². The van der Waals surface area contributed by atoms with Gasteiger partial charge in [-0.25, -0.2) is 0 Å². The number of anilines is 2. The van der Waals surface area contributed by atoms with Gasteiger partial charge in [-0.2, -0.15) is 0 Å². The molecule has 0 spiro atoms. The second-order valence-electron chi connectivity index (χ2n) is 6.03. The summed E-state index contributed by atoms with van der Waals surface area (Å²) in [6.07, 6.45) is 0. The Bertz CT molecular complexity index is 877. The number of aryl methyl sites for hydroxylation is 1. The molecule has 0 atom stereocenters. The molecule has 0 aliphatic carbocycles. The number of rotatable bonds is 0. The minimum absolute atomic E-state index is 1.27. The van der Waals surface area contributed by atoms with Crippen LogP contribution in [0.2, 0.25) is 0 Å². The quantitative estimate of drug-likeness (QED) is 0.510. The molecule has 0 fully saturated rings. The summed E-state index contributed by atoms with van der Waals surface area (Å²) in [5.41, 5.74) is 10.5. The van der Waals surface area contributed by atoms with Crippen molar-refractivity contribution in [2.24, 2.45) is 0 Å². The predicted octanol–water partition coefficient (Wildman–Crippen LogP) is 5.72. The summed E-state index contributed by atoms with van der Waals surface area (Å²) in [5.74, 6) is 0. The van der Waals surface area contributed by atoms with Crippen LogP contribution in [0, 0.1) is 13.8 Å². The zero-order chi connectivity index (χ0) is 15.3. The van der Waals surface area contributed by atoms with Gasteiger partial charge in [-0.05, 0) is 42.2 Å². The Labute approximate surface area is 131 Å². The first kappa shape index (κ1) is 13.1. The van der Waals surface area contributed by atoms with Crippen molar-refractivity contribution >= 4 is 11.4 Å². The highest BCUT2D eigenvalue weighted by molar-refractivity contribution is 6.00. The van der Waals surface area contributed by atoms with Crippen LogP contribution >= 0.6 is 0 Å². The summed E-state index contributed by atoms with van der Waals surface area (Å²) >= 11 is 0. The van der Waals surface area contributed by atoms with Crippen LogP contribution in [-0.2, 0) is 0 Å². The minimum atomic E-state index is 1.27. The molecule has 0 unspecified atom stereocenters. The standard InChI is InChI=1S/C21H19N/c1-14-12-13-19-17-9-5-4-8-16(17)18-10-6-7-11-20(18)22(3)21(19)15(14)2/h4-13H,1-3H3. The number of para-hydroxylation sites is 1. The van der Waals surface area contributed by atoms with E-state index in [4.69, 9.17) is 0 Å². The summed E-state index contributed by atoms with van der Waals surface area (Å²) in [4.78, 5) is 2.34. The maximum Gasteiger partial charge on any atom is 0.0520 e. The van der Waals surface area contributed by atoms with Crippen molar-refractivity contribution in [2.75, 3.05) is 11.9 Å². The zero-order valence-electron chi connectivity index (χ0n) is 13.2. The summed E-state index contributed by atoms with van der Waals surface area (Å²) < 4.78 is 0. The lowest BCUT2D eigenvalue weighted by atomic mass is 9.93. The fourth-order valence-electron chi connectivity index (χ4n) is 3.52. The molecule has 0 radical (unpaired) electrons. The Morgan fingerprint density at radius 1 is 0.636 bits per heavy atom. The number of nitrogens with zero attached hydrogens (tertiary/aromatic N) is 1. The number of benzene rings is 3. The van der Waals surface area contributed by atoms with Crippen LogP contribution in [-0.4, -0.2) is 7.05 Å². The van der Waals surface area contributed by atoms with Gasteiger partial charge < -0.3 is 4.90 Å². The van der Waals surface area contributed by atoms with E-state index in [0.29, 0.717) is 0 Å². The third kappa shape index (κ3) is 1.72. The van der Waals surface area contributed by atoms with Gasteiger partial charge in [0.05, 0.1) is 5.69 Å². The molecule has 1 aliphatic heterocycles. The SMILES string of the molecule is Cc1ccc2c(c1C)N(C)c1ccccc1-c1ccccc1-2. The molecular formula is C21H19N. The molecular weight excluding hydrogens is 266 g/mol. The molecule has 0 saturated heterocycles. The van der Waals surface area contributed by atoms with Crippen LogP contribution in [0.15, 0.2) is 60.7 Å². The monoisotopic (exact) mass is 285 g/mol. The van der Waals surface area contributed by atoms with E-state index in [1.54, 1.807) is 0 Å². The predicted molar refractivity (Wildman–Crippen MR) is 94.9 cm³/mol. The van der Waals surface area contributed by atoms with Crippen molar-refractivity contribution < 1.29 is 0 Å². The molecule has 0 bridgehead atoms. The molecule has 108 valence electrons. The molecule has 0 saturated carbocycles. The van der Waals surface area contributed by atoms with E-state index in [0.717, 1.165) is 0 Å². The van der Waals surface area contributed by atoms with Crippen LogP contribution in [0.3, 0.4) is 0 Å². The van der Waals surface area contributed by atoms with Gasteiger partial charge in [0.2, 0.25) is 0 Å². The van der Waals surface area contributed by atoms with E-state index < -0.39 is 0 Å². The van der Waals surface area contributed by atoms with Crippen LogP contribution in [0.25, 0.3) is 22.3 Å². The average molecular weight is 285 g/mol. The maximum atomic E-state index is 2.34. The highest BCUT2D eigenvalue weighted by atomic mass is 15.1. The molecule has 0 amide bonds. The smallest absolute Gasteiger partial charge is 0.0520 e. The largest absolute Gasteiger partial charge is 0.343 e. The normalized spacial score (nSPS) is 12.2. The van der Waals surface area contributed by atoms with Gasteiger partial charge in [0.25, 0.3) is 0 Å². The molecule has 3 aromatic carbocycles. The van der Waals surface area contributed by atoms with E-state index in [2.05, 4.69) is 86.5 Å². The lowest BCUT2D eigenvalue weighted by Crippen LogP contribution is -2.12. The van der Waals surface area contributed by atoms with E-state index >= 15 is 0 Å². The first-order chi connectivity index (χ1) is 10.7. The topological polar surface area (TPSA) is 3.24 Å². The van der Waals surface area contributed by atoms with Crippen LogP contribution in [0.1, 0.15) is 11.1 Å². The van der Waals surface area contributed by atoms with E-state index in [-0.39, 0.29) is 0 Å². The molecule has 22 heavy (non-hydrogen) atoms. The number of fused-ring (bicyclic) bond motifs is 5. The second-order valence-corrected chi connectivity index (χ2v) is 6.03. The summed E-state index contributed by atoms with van der Waals surface area (Å²) in [6.45, 7) is 4.41. The fourth-order valence-corrected chi connectivity index (χ4v) is 3.52. The van der Waals surface area contributed by atoms with Crippen molar-refractivity contribution in [3.8, 4) is 22.3 Å². The van der Waals surface area contributed by atoms with Gasteiger partial charge in [0, 0.05) is 23.9 Å². The first-order valence-corrected chi connectivity index (χ1v) is 7.71. The molecule has 4 rings (SSSR count). The Morgan fingerprint density at radius 2 is 1.23 bits per heavy atom. The first-order valence-electron chi connectivity index (χ1n) is 7.71. The number of hydrogen-bond acceptors (Lipinski definition) is 1. The molecule has 1 heterocycles. The van der Waals surface area contributed by atoms with Crippen molar-refractivity contribution in [2.45, 2.75) is 13.8 Å². The van der Waals surface area contributed by atoms with E-state index in [1.165, 1.54) is 44.8 Å². The van der Waals surface area contributed by atoms with Crippen molar-refractivity contribution in [1.82, 2.24) is 0 Å². The van der Waals surface area contributed by atoms with Gasteiger partial charge >= 0.3 is 0 Å². The summed E-state index contributed by atoms with van der Waals surface area (Å²) in [5, 5.41) is 0. The molecule has 3 aromatic rings. The highest BCUT2D eigenvalue weighted by Crippen LogP contribution is 2.48. The van der Waals surface area contributed by atoms with E-state index in [9.17, 15) is 0 Å². The third-order valence-corrected chi connectivity index (χ3v) is 4.81. The van der Waals surface area contributed by atoms with Crippen molar-refractivity contribution in [3.63, 3.8) is 0 Å². The van der Waals surface area contributed by atoms with Gasteiger partial charge in [-0.1, -0.05) is 54.6 Å². The molecule has 1 heteroatoms. The lowest BCUT2D eigenvalue weighted by Gasteiger charge is -2.25. The van der Waals surface area contributed by atoms with Gasteiger partial charge in [-0.15, -0.1) is 0 Å². The summed E-state index contributed by atoms with van der Waals surface area (Å²) in [6, 6.07) is 21.9. The third-order valence-electron chi connectivity index (χ3n) is 4.81. The Kier molecular flexibility index (Phi) is 2.83. The Hall–Kier alpha value is -2.54. The molecule has 0 N–H and O–H groups in total.